The van der Waals surface area contributed by atoms with Crippen LogP contribution in [0.15, 0.2) is 22.7 Å². The first-order valence-electron chi connectivity index (χ1n) is 7.84. The molecule has 1 fully saturated rings. The molecule has 0 amide bonds. The minimum absolute atomic E-state index is 0.0525. The van der Waals surface area contributed by atoms with E-state index in [4.69, 9.17) is 9.47 Å². The first kappa shape index (κ1) is 14.6. The van der Waals surface area contributed by atoms with Gasteiger partial charge in [-0.1, -0.05) is 22.0 Å². The fourth-order valence-electron chi connectivity index (χ4n) is 3.37. The number of fused-ring (bicyclic) bond motifs is 1. The molecular formula is C17H23BrO2. The molecule has 2 nitrogen and oxygen atoms in total. The SMILES string of the molecule is Brc1ccc2c(c1)CCC[C@H]2CCO[C@@H]1CCCCO1. The van der Waals surface area contributed by atoms with E-state index in [1.165, 1.54) is 47.7 Å². The lowest BCUT2D eigenvalue weighted by molar-refractivity contribution is -0.163. The maximum Gasteiger partial charge on any atom is 0.157 e. The van der Waals surface area contributed by atoms with Gasteiger partial charge in [0.1, 0.15) is 0 Å². The van der Waals surface area contributed by atoms with Crippen molar-refractivity contribution in [1.29, 1.82) is 0 Å². The smallest absolute Gasteiger partial charge is 0.157 e. The quantitative estimate of drug-likeness (QED) is 0.784. The normalized spacial score (nSPS) is 26.2. The molecule has 1 heterocycles. The van der Waals surface area contributed by atoms with Crippen LogP contribution < -0.4 is 0 Å². The summed E-state index contributed by atoms with van der Waals surface area (Å²) in [4.78, 5) is 0. The summed E-state index contributed by atoms with van der Waals surface area (Å²) in [5, 5.41) is 0. The molecule has 0 radical (unpaired) electrons. The highest BCUT2D eigenvalue weighted by Gasteiger charge is 2.21. The lowest BCUT2D eigenvalue weighted by atomic mass is 9.81. The highest BCUT2D eigenvalue weighted by molar-refractivity contribution is 9.10. The van der Waals surface area contributed by atoms with Gasteiger partial charge in [0.25, 0.3) is 0 Å². The van der Waals surface area contributed by atoms with Gasteiger partial charge in [0.15, 0.2) is 6.29 Å². The van der Waals surface area contributed by atoms with Gasteiger partial charge in [0, 0.05) is 11.1 Å². The highest BCUT2D eigenvalue weighted by atomic mass is 79.9. The molecule has 2 atom stereocenters. The fraction of sp³-hybridized carbons (Fsp3) is 0.647. The summed E-state index contributed by atoms with van der Waals surface area (Å²) < 4.78 is 12.7. The van der Waals surface area contributed by atoms with E-state index in [-0.39, 0.29) is 6.29 Å². The first-order chi connectivity index (χ1) is 9.83. The summed E-state index contributed by atoms with van der Waals surface area (Å²) in [6.45, 7) is 1.69. The van der Waals surface area contributed by atoms with Gasteiger partial charge in [0.2, 0.25) is 0 Å². The Labute approximate surface area is 130 Å². The Morgan fingerprint density at radius 1 is 1.20 bits per heavy atom. The summed E-state index contributed by atoms with van der Waals surface area (Å²) in [6.07, 6.45) is 8.48. The molecule has 20 heavy (non-hydrogen) atoms. The van der Waals surface area contributed by atoms with Crippen LogP contribution >= 0.6 is 15.9 Å². The minimum Gasteiger partial charge on any atom is -0.353 e. The Balaban J connectivity index is 1.53. The Morgan fingerprint density at radius 2 is 2.15 bits per heavy atom. The van der Waals surface area contributed by atoms with Gasteiger partial charge in [-0.3, -0.25) is 0 Å². The number of hydrogen-bond donors (Lipinski definition) is 0. The third-order valence-corrected chi connectivity index (χ3v) is 4.94. The van der Waals surface area contributed by atoms with Gasteiger partial charge < -0.3 is 9.47 Å². The molecule has 1 saturated heterocycles. The molecule has 110 valence electrons. The summed E-state index contributed by atoms with van der Waals surface area (Å²) >= 11 is 3.57. The standard InChI is InChI=1S/C17H23BrO2/c18-15-7-8-16-13(4-3-5-14(16)12-15)9-11-20-17-6-1-2-10-19-17/h7-8,12-13,17H,1-6,9-11H2/t13-,17+/m0/s1. The van der Waals surface area contributed by atoms with Crippen molar-refractivity contribution >= 4 is 15.9 Å². The zero-order chi connectivity index (χ0) is 13.8. The maximum absolute atomic E-state index is 5.89. The minimum atomic E-state index is 0.0525. The van der Waals surface area contributed by atoms with Crippen LogP contribution in [0.1, 0.15) is 55.6 Å². The molecule has 1 aliphatic heterocycles. The predicted octanol–water partition coefficient (Wildman–Crippen LogP) is 4.80. The third kappa shape index (κ3) is 3.63. The summed E-state index contributed by atoms with van der Waals surface area (Å²) in [5.74, 6) is 0.662. The van der Waals surface area contributed by atoms with E-state index < -0.39 is 0 Å². The van der Waals surface area contributed by atoms with Gasteiger partial charge >= 0.3 is 0 Å². The number of benzene rings is 1. The van der Waals surface area contributed by atoms with Crippen molar-refractivity contribution in [3.8, 4) is 0 Å². The Hall–Kier alpha value is -0.380. The topological polar surface area (TPSA) is 18.5 Å². The number of ether oxygens (including phenoxy) is 2. The zero-order valence-electron chi connectivity index (χ0n) is 11.9. The average Bonchev–Trinajstić information content (AvgIpc) is 2.48. The van der Waals surface area contributed by atoms with Gasteiger partial charge in [0.05, 0.1) is 6.61 Å². The lowest BCUT2D eigenvalue weighted by Gasteiger charge is -2.27. The summed E-state index contributed by atoms with van der Waals surface area (Å²) in [5.41, 5.74) is 3.05. The first-order valence-corrected chi connectivity index (χ1v) is 8.64. The number of hydrogen-bond acceptors (Lipinski definition) is 2. The zero-order valence-corrected chi connectivity index (χ0v) is 13.5. The van der Waals surface area contributed by atoms with E-state index in [0.29, 0.717) is 5.92 Å². The van der Waals surface area contributed by atoms with Crippen molar-refractivity contribution in [2.24, 2.45) is 0 Å². The van der Waals surface area contributed by atoms with E-state index in [0.717, 1.165) is 26.1 Å². The van der Waals surface area contributed by atoms with Gasteiger partial charge in [-0.2, -0.15) is 0 Å². The number of aryl methyl sites for hydroxylation is 1. The van der Waals surface area contributed by atoms with E-state index >= 15 is 0 Å². The molecule has 3 heteroatoms. The molecule has 3 rings (SSSR count). The van der Waals surface area contributed by atoms with E-state index in [9.17, 15) is 0 Å². The van der Waals surface area contributed by atoms with Gasteiger partial charge in [-0.05, 0) is 74.1 Å². The molecule has 0 saturated carbocycles. The Kier molecular flexibility index (Phi) is 5.14. The van der Waals surface area contributed by atoms with Crippen LogP contribution in [0.25, 0.3) is 0 Å². The van der Waals surface area contributed by atoms with Crippen molar-refractivity contribution in [3.05, 3.63) is 33.8 Å². The van der Waals surface area contributed by atoms with Gasteiger partial charge in [-0.25, -0.2) is 0 Å². The van der Waals surface area contributed by atoms with Crippen LogP contribution in [-0.4, -0.2) is 19.5 Å². The molecule has 1 aromatic carbocycles. The largest absolute Gasteiger partial charge is 0.353 e. The molecule has 0 unspecified atom stereocenters. The molecule has 0 spiro atoms. The van der Waals surface area contributed by atoms with E-state index in [1.807, 2.05) is 0 Å². The maximum atomic E-state index is 5.89. The van der Waals surface area contributed by atoms with E-state index in [2.05, 4.69) is 34.1 Å². The number of halogens is 1. The van der Waals surface area contributed by atoms with Gasteiger partial charge in [-0.15, -0.1) is 0 Å². The second-order valence-electron chi connectivity index (χ2n) is 5.89. The Morgan fingerprint density at radius 3 is 3.00 bits per heavy atom. The molecule has 2 aliphatic rings. The number of rotatable bonds is 4. The van der Waals surface area contributed by atoms with Crippen LogP contribution in [0, 0.1) is 0 Å². The average molecular weight is 339 g/mol. The molecule has 0 bridgehead atoms. The van der Waals surface area contributed by atoms with E-state index in [1.54, 1.807) is 0 Å². The monoisotopic (exact) mass is 338 g/mol. The Bertz CT molecular complexity index is 441. The third-order valence-electron chi connectivity index (χ3n) is 4.45. The van der Waals surface area contributed by atoms with Crippen molar-refractivity contribution in [1.82, 2.24) is 0 Å². The molecular weight excluding hydrogens is 316 g/mol. The second-order valence-corrected chi connectivity index (χ2v) is 6.80. The van der Waals surface area contributed by atoms with Crippen molar-refractivity contribution in [3.63, 3.8) is 0 Å². The highest BCUT2D eigenvalue weighted by Crippen LogP contribution is 2.35. The van der Waals surface area contributed by atoms with Crippen molar-refractivity contribution < 1.29 is 9.47 Å². The van der Waals surface area contributed by atoms with Crippen LogP contribution in [-0.2, 0) is 15.9 Å². The van der Waals surface area contributed by atoms with Crippen LogP contribution in [0.4, 0.5) is 0 Å². The summed E-state index contributed by atoms with van der Waals surface area (Å²) in [7, 11) is 0. The predicted molar refractivity (Wildman–Crippen MR) is 84.0 cm³/mol. The van der Waals surface area contributed by atoms with Crippen LogP contribution in [0.5, 0.6) is 0 Å². The van der Waals surface area contributed by atoms with Crippen LogP contribution in [0.3, 0.4) is 0 Å². The van der Waals surface area contributed by atoms with Crippen molar-refractivity contribution in [2.75, 3.05) is 13.2 Å². The fourth-order valence-corrected chi connectivity index (χ4v) is 3.78. The molecule has 1 aromatic rings. The van der Waals surface area contributed by atoms with Crippen LogP contribution in [0.2, 0.25) is 0 Å². The summed E-state index contributed by atoms with van der Waals surface area (Å²) in [6, 6.07) is 6.75. The lowest BCUT2D eigenvalue weighted by Crippen LogP contribution is -2.23. The molecule has 1 aliphatic carbocycles. The molecule has 0 aromatic heterocycles. The molecule has 0 N–H and O–H groups in total. The second kappa shape index (κ2) is 7.06. The van der Waals surface area contributed by atoms with Crippen molar-refractivity contribution in [2.45, 2.75) is 57.2 Å².